The highest BCUT2D eigenvalue weighted by molar-refractivity contribution is 5.89. The highest BCUT2D eigenvalue weighted by Crippen LogP contribution is 2.18. The summed E-state index contributed by atoms with van der Waals surface area (Å²) < 4.78 is 0. The van der Waals surface area contributed by atoms with Crippen LogP contribution in [0.5, 0.6) is 0 Å². The van der Waals surface area contributed by atoms with Crippen molar-refractivity contribution in [1.29, 1.82) is 0 Å². The normalized spacial score (nSPS) is 13.2. The van der Waals surface area contributed by atoms with Crippen molar-refractivity contribution in [2.24, 2.45) is 5.73 Å². The molecule has 206 valence electrons. The lowest BCUT2D eigenvalue weighted by Crippen LogP contribution is -2.54. The van der Waals surface area contributed by atoms with Crippen molar-refractivity contribution >= 4 is 28.5 Å². The Labute approximate surface area is 231 Å². The molecule has 7 nitrogen and oxygen atoms in total. The number of carbonyl (C=O) groups excluding carboxylic acids is 3. The van der Waals surface area contributed by atoms with Crippen LogP contribution in [0, 0.1) is 0 Å². The maximum Gasteiger partial charge on any atom is 0.243 e. The van der Waals surface area contributed by atoms with E-state index in [1.807, 2.05) is 68.4 Å². The number of carbonyl (C=O) groups is 3. The van der Waals surface area contributed by atoms with E-state index in [2.05, 4.69) is 28.8 Å². The number of amides is 3. The average molecular weight is 529 g/mol. The molecule has 3 aromatic carbocycles. The van der Waals surface area contributed by atoms with Gasteiger partial charge in [0.1, 0.15) is 6.04 Å². The number of benzene rings is 3. The predicted octanol–water partition coefficient (Wildman–Crippen LogP) is 3.76. The second-order valence-corrected chi connectivity index (χ2v) is 10.7. The monoisotopic (exact) mass is 528 g/mol. The molecular formula is C32H40N4O3. The third-order valence-electron chi connectivity index (χ3n) is 6.57. The summed E-state index contributed by atoms with van der Waals surface area (Å²) in [5.41, 5.74) is 7.58. The molecule has 0 saturated heterocycles. The zero-order valence-electron chi connectivity index (χ0n) is 23.3. The van der Waals surface area contributed by atoms with Gasteiger partial charge in [-0.3, -0.25) is 14.4 Å². The molecule has 0 unspecified atom stereocenters. The van der Waals surface area contributed by atoms with Gasteiger partial charge in [-0.1, -0.05) is 78.9 Å². The van der Waals surface area contributed by atoms with E-state index in [-0.39, 0.29) is 24.3 Å². The summed E-state index contributed by atoms with van der Waals surface area (Å²) in [5, 5.41) is 8.00. The maximum absolute atomic E-state index is 13.0. The van der Waals surface area contributed by atoms with Crippen LogP contribution in [0.4, 0.5) is 0 Å². The van der Waals surface area contributed by atoms with Gasteiger partial charge in [-0.2, -0.15) is 0 Å². The summed E-state index contributed by atoms with van der Waals surface area (Å²) in [6.07, 6.45) is 4.64. The van der Waals surface area contributed by atoms with Crippen molar-refractivity contribution in [3.05, 3.63) is 96.1 Å². The number of nitrogens with two attached hydrogens (primary N) is 1. The molecule has 4 N–H and O–H groups in total. The molecule has 0 saturated carbocycles. The molecule has 0 aromatic heterocycles. The lowest BCUT2D eigenvalue weighted by molar-refractivity contribution is -0.139. The van der Waals surface area contributed by atoms with Crippen molar-refractivity contribution in [3.63, 3.8) is 0 Å². The van der Waals surface area contributed by atoms with Gasteiger partial charge in [-0.25, -0.2) is 0 Å². The van der Waals surface area contributed by atoms with E-state index in [0.29, 0.717) is 19.3 Å². The molecule has 0 radical (unpaired) electrons. The molecule has 0 aliphatic carbocycles. The highest BCUT2D eigenvalue weighted by atomic mass is 16.2. The van der Waals surface area contributed by atoms with Gasteiger partial charge >= 0.3 is 0 Å². The first-order chi connectivity index (χ1) is 18.6. The zero-order valence-corrected chi connectivity index (χ0v) is 23.3. The third kappa shape index (κ3) is 9.37. The van der Waals surface area contributed by atoms with Gasteiger partial charge < -0.3 is 21.3 Å². The Morgan fingerprint density at radius 3 is 2.23 bits per heavy atom. The van der Waals surface area contributed by atoms with Crippen molar-refractivity contribution in [2.45, 2.75) is 57.7 Å². The lowest BCUT2D eigenvalue weighted by Gasteiger charge is -2.33. The molecule has 39 heavy (non-hydrogen) atoms. The molecule has 0 aliphatic heterocycles. The summed E-state index contributed by atoms with van der Waals surface area (Å²) in [5.74, 6) is -0.763. The Balaban J connectivity index is 1.89. The molecule has 0 heterocycles. The van der Waals surface area contributed by atoms with Crippen molar-refractivity contribution in [3.8, 4) is 0 Å². The number of fused-ring (bicyclic) bond motifs is 1. The molecule has 0 fully saturated rings. The first kappa shape index (κ1) is 29.6. The molecular weight excluding hydrogens is 488 g/mol. The van der Waals surface area contributed by atoms with E-state index in [4.69, 9.17) is 5.73 Å². The van der Waals surface area contributed by atoms with Gasteiger partial charge in [0.05, 0.1) is 6.04 Å². The summed E-state index contributed by atoms with van der Waals surface area (Å²) in [6, 6.07) is 22.7. The van der Waals surface area contributed by atoms with Gasteiger partial charge in [0.2, 0.25) is 17.7 Å². The van der Waals surface area contributed by atoms with E-state index in [1.165, 1.54) is 13.0 Å². The van der Waals surface area contributed by atoms with Crippen LogP contribution in [0.2, 0.25) is 0 Å². The molecule has 3 aromatic rings. The Hall–Kier alpha value is -3.97. The van der Waals surface area contributed by atoms with Crippen LogP contribution in [-0.2, 0) is 27.2 Å². The minimum atomic E-state index is -0.723. The second kappa shape index (κ2) is 13.7. The van der Waals surface area contributed by atoms with Gasteiger partial charge in [-0.05, 0) is 54.7 Å². The highest BCUT2D eigenvalue weighted by Gasteiger charge is 2.30. The summed E-state index contributed by atoms with van der Waals surface area (Å²) in [4.78, 5) is 40.4. The van der Waals surface area contributed by atoms with Crippen LogP contribution in [0.3, 0.4) is 0 Å². The molecule has 3 amide bonds. The lowest BCUT2D eigenvalue weighted by atomic mass is 9.99. The second-order valence-electron chi connectivity index (χ2n) is 10.7. The van der Waals surface area contributed by atoms with Crippen molar-refractivity contribution in [1.82, 2.24) is 15.5 Å². The van der Waals surface area contributed by atoms with Gasteiger partial charge in [0.15, 0.2) is 0 Å². The molecule has 3 rings (SSSR count). The van der Waals surface area contributed by atoms with Gasteiger partial charge in [0.25, 0.3) is 0 Å². The quantitative estimate of drug-likeness (QED) is 0.311. The largest absolute Gasteiger partial charge is 0.357 e. The Morgan fingerprint density at radius 1 is 0.923 bits per heavy atom. The van der Waals surface area contributed by atoms with Crippen molar-refractivity contribution < 1.29 is 14.4 Å². The topological polar surface area (TPSA) is 105 Å². The third-order valence-corrected chi connectivity index (χ3v) is 6.57. The molecule has 7 heteroatoms. The van der Waals surface area contributed by atoms with Crippen LogP contribution < -0.4 is 16.4 Å². The molecule has 0 bridgehead atoms. The predicted molar refractivity (Wildman–Crippen MR) is 157 cm³/mol. The summed E-state index contributed by atoms with van der Waals surface area (Å²) in [7, 11) is 1.57. The fraction of sp³-hybridized carbons (Fsp3) is 0.344. The number of hydrogen-bond acceptors (Lipinski definition) is 4. The Morgan fingerprint density at radius 2 is 1.59 bits per heavy atom. The zero-order chi connectivity index (χ0) is 28.4. The smallest absolute Gasteiger partial charge is 0.243 e. The van der Waals surface area contributed by atoms with E-state index >= 15 is 0 Å². The van der Waals surface area contributed by atoms with Crippen LogP contribution in [0.1, 0.15) is 38.3 Å². The van der Waals surface area contributed by atoms with E-state index in [9.17, 15) is 14.4 Å². The molecule has 0 aliphatic rings. The maximum atomic E-state index is 13.0. The average Bonchev–Trinajstić information content (AvgIpc) is 2.89. The minimum absolute atomic E-state index is 0.176. The summed E-state index contributed by atoms with van der Waals surface area (Å²) >= 11 is 0. The standard InChI is InChI=1S/C32H40N4O3/c1-23(37)36(29(31(39)34-4)21-24-11-6-5-7-12-24)22-28(35-30(38)15-10-18-32(2,3)33)20-25-16-17-26-13-8-9-14-27(26)19-25/h5-17,19,28-29H,18,20-22,33H2,1-4H3,(H,34,39)(H,35,38)/b15-10+/t28-,29-/m1/s1. The Kier molecular flexibility index (Phi) is 10.4. The first-order valence-electron chi connectivity index (χ1n) is 13.3. The number of hydrogen-bond donors (Lipinski definition) is 3. The SMILES string of the molecule is CNC(=O)[C@@H](Cc1ccccc1)N(C[C@@H](Cc1ccc2ccccc2c1)NC(=O)/C=C/CC(C)(C)N)C(C)=O. The van der Waals surface area contributed by atoms with Gasteiger partial charge in [0, 0.05) is 32.5 Å². The number of nitrogens with zero attached hydrogens (tertiary/aromatic N) is 1. The number of nitrogens with one attached hydrogen (secondary N) is 2. The van der Waals surface area contributed by atoms with Crippen LogP contribution in [-0.4, -0.2) is 53.8 Å². The number of likely N-dealkylation sites (N-methyl/N-ethyl adjacent to an activating group) is 1. The van der Waals surface area contributed by atoms with E-state index in [0.717, 1.165) is 21.9 Å². The Bertz CT molecular complexity index is 1300. The van der Waals surface area contributed by atoms with Gasteiger partial charge in [-0.15, -0.1) is 0 Å². The molecule has 2 atom stereocenters. The fourth-order valence-corrected chi connectivity index (χ4v) is 4.59. The number of rotatable bonds is 12. The summed E-state index contributed by atoms with van der Waals surface area (Å²) in [6.45, 7) is 5.43. The fourth-order valence-electron chi connectivity index (χ4n) is 4.59. The van der Waals surface area contributed by atoms with Crippen LogP contribution in [0.15, 0.2) is 84.9 Å². The molecule has 0 spiro atoms. The van der Waals surface area contributed by atoms with Crippen LogP contribution >= 0.6 is 0 Å². The first-order valence-corrected chi connectivity index (χ1v) is 13.3. The minimum Gasteiger partial charge on any atom is -0.357 e. The van der Waals surface area contributed by atoms with E-state index < -0.39 is 17.6 Å². The van der Waals surface area contributed by atoms with E-state index in [1.54, 1.807) is 18.0 Å². The van der Waals surface area contributed by atoms with Crippen molar-refractivity contribution in [2.75, 3.05) is 13.6 Å². The van der Waals surface area contributed by atoms with Crippen LogP contribution in [0.25, 0.3) is 10.8 Å².